The van der Waals surface area contributed by atoms with Gasteiger partial charge in [0.2, 0.25) is 0 Å². The number of likely N-dealkylation sites (tertiary alicyclic amines) is 1. The number of fused-ring (bicyclic) bond motifs is 1. The molecule has 3 atom stereocenters. The van der Waals surface area contributed by atoms with Gasteiger partial charge in [0.1, 0.15) is 6.04 Å². The first-order valence-corrected chi connectivity index (χ1v) is 11.7. The highest BCUT2D eigenvalue weighted by atomic mass is 16.5. The van der Waals surface area contributed by atoms with Crippen molar-refractivity contribution in [3.8, 4) is 0 Å². The zero-order valence-electron chi connectivity index (χ0n) is 18.5. The van der Waals surface area contributed by atoms with Gasteiger partial charge in [-0.1, -0.05) is 43.3 Å². The maximum Gasteiger partial charge on any atom is 0.325 e. The number of carboxylic acids is 1. The summed E-state index contributed by atoms with van der Waals surface area (Å²) in [6.07, 6.45) is 7.62. The average molecular weight is 423 g/mol. The van der Waals surface area contributed by atoms with Gasteiger partial charge in [0.25, 0.3) is 0 Å². The monoisotopic (exact) mass is 422 g/mol. The molecule has 0 bridgehead atoms. The molecule has 2 heterocycles. The van der Waals surface area contributed by atoms with E-state index in [1.165, 1.54) is 29.8 Å². The summed E-state index contributed by atoms with van der Waals surface area (Å²) in [4.78, 5) is 18.8. The summed E-state index contributed by atoms with van der Waals surface area (Å²) in [5.74, 6) is -0.0128. The number of hydrogen-bond donors (Lipinski definition) is 1. The van der Waals surface area contributed by atoms with E-state index in [0.29, 0.717) is 6.54 Å². The second kappa shape index (κ2) is 10.4. The van der Waals surface area contributed by atoms with Crippen molar-refractivity contribution < 1.29 is 14.6 Å². The Labute approximate surface area is 185 Å². The smallest absolute Gasteiger partial charge is 0.325 e. The molecule has 0 amide bonds. The van der Waals surface area contributed by atoms with E-state index < -0.39 is 12.0 Å². The van der Waals surface area contributed by atoms with Crippen molar-refractivity contribution in [2.24, 2.45) is 5.92 Å². The number of nitrogens with zero attached hydrogens (tertiary/aromatic N) is 2. The molecule has 1 fully saturated rings. The van der Waals surface area contributed by atoms with Crippen molar-refractivity contribution >= 4 is 5.97 Å². The van der Waals surface area contributed by atoms with E-state index in [-0.39, 0.29) is 6.10 Å². The standard InChI is InChI=1S/C26H34N2O3/c1-19-10-13-24-21(17-19)11-12-22(27-24)9-5-6-16-31-23-14-15-28(18-23)25(26(29)30)20-7-3-2-4-8-20/h2-4,7-8,11-12,19,23,25H,5-6,9-10,13-18H2,1H3,(H,29,30)/t19?,23-,25?/m1/s1. The van der Waals surface area contributed by atoms with Crippen molar-refractivity contribution in [1.29, 1.82) is 0 Å². The van der Waals surface area contributed by atoms with Crippen LogP contribution in [-0.4, -0.2) is 46.8 Å². The molecule has 1 aliphatic carbocycles. The van der Waals surface area contributed by atoms with E-state index in [1.54, 1.807) is 0 Å². The fraction of sp³-hybridized carbons (Fsp3) is 0.538. The molecular formula is C26H34N2O3. The van der Waals surface area contributed by atoms with E-state index >= 15 is 0 Å². The molecule has 2 aliphatic rings. The van der Waals surface area contributed by atoms with E-state index in [2.05, 4.69) is 19.1 Å². The van der Waals surface area contributed by atoms with Crippen molar-refractivity contribution in [2.75, 3.05) is 19.7 Å². The number of rotatable bonds is 9. The Balaban J connectivity index is 1.19. The molecule has 0 saturated carbocycles. The Morgan fingerprint density at radius 2 is 2.03 bits per heavy atom. The van der Waals surface area contributed by atoms with Gasteiger partial charge in [-0.15, -0.1) is 0 Å². The van der Waals surface area contributed by atoms with Crippen molar-refractivity contribution in [1.82, 2.24) is 9.88 Å². The number of ether oxygens (including phenoxy) is 1. The summed E-state index contributed by atoms with van der Waals surface area (Å²) in [6.45, 7) is 4.48. The zero-order valence-corrected chi connectivity index (χ0v) is 18.5. The summed E-state index contributed by atoms with van der Waals surface area (Å²) in [5.41, 5.74) is 4.78. The van der Waals surface area contributed by atoms with Crippen molar-refractivity contribution in [3.63, 3.8) is 0 Å². The molecule has 1 N–H and O–H groups in total. The minimum atomic E-state index is -0.793. The minimum absolute atomic E-state index is 0.120. The SMILES string of the molecule is CC1CCc2nc(CCCCO[C@@H]3CCN(C(C(=O)O)c4ccccc4)C3)ccc2C1. The molecule has 5 heteroatoms. The third kappa shape index (κ3) is 5.72. The number of aryl methyl sites for hydroxylation is 2. The first-order chi connectivity index (χ1) is 15.1. The van der Waals surface area contributed by atoms with Gasteiger partial charge in [-0.05, 0) is 68.1 Å². The van der Waals surface area contributed by atoms with Crippen LogP contribution in [0.3, 0.4) is 0 Å². The molecule has 2 unspecified atom stereocenters. The average Bonchev–Trinajstić information content (AvgIpc) is 3.22. The van der Waals surface area contributed by atoms with Gasteiger partial charge in [-0.25, -0.2) is 0 Å². The van der Waals surface area contributed by atoms with Crippen LogP contribution >= 0.6 is 0 Å². The normalized spacial score (nSPS) is 22.2. The number of aliphatic carboxylic acids is 1. The molecular weight excluding hydrogens is 388 g/mol. The van der Waals surface area contributed by atoms with Gasteiger partial charge < -0.3 is 9.84 Å². The lowest BCUT2D eigenvalue weighted by molar-refractivity contribution is -0.143. The number of carboxylic acid groups (broad SMARTS) is 1. The van der Waals surface area contributed by atoms with Crippen LogP contribution in [0.15, 0.2) is 42.5 Å². The highest BCUT2D eigenvalue weighted by Crippen LogP contribution is 2.27. The Hall–Kier alpha value is -2.24. The predicted octanol–water partition coefficient (Wildman–Crippen LogP) is 4.45. The van der Waals surface area contributed by atoms with Crippen LogP contribution in [0.5, 0.6) is 0 Å². The molecule has 166 valence electrons. The molecule has 1 saturated heterocycles. The third-order valence-electron chi connectivity index (χ3n) is 6.64. The van der Waals surface area contributed by atoms with Crippen LogP contribution < -0.4 is 0 Å². The van der Waals surface area contributed by atoms with Crippen LogP contribution in [0.2, 0.25) is 0 Å². The summed E-state index contributed by atoms with van der Waals surface area (Å²) < 4.78 is 6.08. The van der Waals surface area contributed by atoms with Crippen LogP contribution in [0.1, 0.15) is 61.2 Å². The zero-order chi connectivity index (χ0) is 21.6. The lowest BCUT2D eigenvalue weighted by atomic mass is 9.88. The van der Waals surface area contributed by atoms with Gasteiger partial charge in [-0.3, -0.25) is 14.7 Å². The first kappa shape index (κ1) is 22.0. The maximum absolute atomic E-state index is 11.8. The van der Waals surface area contributed by atoms with E-state index in [0.717, 1.165) is 56.7 Å². The van der Waals surface area contributed by atoms with Crippen LogP contribution in [-0.2, 0) is 28.8 Å². The van der Waals surface area contributed by atoms with Gasteiger partial charge in [0.05, 0.1) is 6.10 Å². The molecule has 1 aromatic heterocycles. The van der Waals surface area contributed by atoms with Gasteiger partial charge >= 0.3 is 5.97 Å². The second-order valence-electron chi connectivity index (χ2n) is 9.14. The summed E-state index contributed by atoms with van der Waals surface area (Å²) in [6, 6.07) is 13.4. The number of carbonyl (C=O) groups is 1. The van der Waals surface area contributed by atoms with Crippen LogP contribution in [0.4, 0.5) is 0 Å². The van der Waals surface area contributed by atoms with Crippen molar-refractivity contribution in [2.45, 2.75) is 64.0 Å². The van der Waals surface area contributed by atoms with Crippen LogP contribution in [0, 0.1) is 5.92 Å². The molecule has 1 aromatic carbocycles. The largest absolute Gasteiger partial charge is 0.480 e. The fourth-order valence-electron chi connectivity index (χ4n) is 4.91. The topological polar surface area (TPSA) is 62.7 Å². The molecule has 0 spiro atoms. The molecule has 2 aromatic rings. The Morgan fingerprint density at radius 1 is 1.19 bits per heavy atom. The third-order valence-corrected chi connectivity index (χ3v) is 6.64. The fourth-order valence-corrected chi connectivity index (χ4v) is 4.91. The number of benzene rings is 1. The molecule has 0 radical (unpaired) electrons. The summed E-state index contributed by atoms with van der Waals surface area (Å²) >= 11 is 0. The van der Waals surface area contributed by atoms with Crippen LogP contribution in [0.25, 0.3) is 0 Å². The van der Waals surface area contributed by atoms with E-state index in [1.807, 2.05) is 35.2 Å². The van der Waals surface area contributed by atoms with E-state index in [4.69, 9.17) is 9.72 Å². The first-order valence-electron chi connectivity index (χ1n) is 11.7. The summed E-state index contributed by atoms with van der Waals surface area (Å²) in [7, 11) is 0. The molecule has 1 aliphatic heterocycles. The van der Waals surface area contributed by atoms with Gasteiger partial charge in [0, 0.05) is 31.1 Å². The predicted molar refractivity (Wildman–Crippen MR) is 121 cm³/mol. The molecule has 4 rings (SSSR count). The molecule has 31 heavy (non-hydrogen) atoms. The lowest BCUT2D eigenvalue weighted by Crippen LogP contribution is -2.33. The highest BCUT2D eigenvalue weighted by molar-refractivity contribution is 5.75. The quantitative estimate of drug-likeness (QED) is 0.605. The maximum atomic E-state index is 11.8. The molecule has 5 nitrogen and oxygen atoms in total. The van der Waals surface area contributed by atoms with E-state index in [9.17, 15) is 9.90 Å². The summed E-state index contributed by atoms with van der Waals surface area (Å²) in [5, 5.41) is 9.73. The number of hydrogen-bond acceptors (Lipinski definition) is 4. The highest BCUT2D eigenvalue weighted by Gasteiger charge is 2.33. The van der Waals surface area contributed by atoms with Crippen molar-refractivity contribution in [3.05, 3.63) is 65.0 Å². The number of aromatic nitrogens is 1. The minimum Gasteiger partial charge on any atom is -0.480 e. The Bertz CT molecular complexity index is 870. The lowest BCUT2D eigenvalue weighted by Gasteiger charge is -2.24. The van der Waals surface area contributed by atoms with Gasteiger partial charge in [0.15, 0.2) is 0 Å². The van der Waals surface area contributed by atoms with Gasteiger partial charge in [-0.2, -0.15) is 0 Å². The second-order valence-corrected chi connectivity index (χ2v) is 9.14. The number of unbranched alkanes of at least 4 members (excludes halogenated alkanes) is 1. The Morgan fingerprint density at radius 3 is 2.84 bits per heavy atom. The Kier molecular flexibility index (Phi) is 7.36. The number of pyridine rings is 1.